The van der Waals surface area contributed by atoms with Gasteiger partial charge in [0.05, 0.1) is 21.8 Å². The maximum atomic E-state index is 12.8. The highest BCUT2D eigenvalue weighted by atomic mass is 79.9. The van der Waals surface area contributed by atoms with Gasteiger partial charge in [-0.05, 0) is 31.0 Å². The summed E-state index contributed by atoms with van der Waals surface area (Å²) in [6.07, 6.45) is -5.52. The molecule has 1 fully saturated rings. The summed E-state index contributed by atoms with van der Waals surface area (Å²) in [4.78, 5) is -0.730. The van der Waals surface area contributed by atoms with E-state index in [2.05, 4.69) is 15.9 Å². The molecule has 106 valence electrons. The Labute approximate surface area is 116 Å². The van der Waals surface area contributed by atoms with Gasteiger partial charge in [0.2, 0.25) is 0 Å². The third kappa shape index (κ3) is 2.80. The first-order valence-corrected chi connectivity index (χ1v) is 7.75. The molecule has 8 heteroatoms. The molecule has 1 aromatic carbocycles. The van der Waals surface area contributed by atoms with Crippen molar-refractivity contribution in [3.8, 4) is 0 Å². The molecule has 0 aliphatic heterocycles. The summed E-state index contributed by atoms with van der Waals surface area (Å²) in [5.74, 6) is 0. The van der Waals surface area contributed by atoms with E-state index >= 15 is 0 Å². The largest absolute Gasteiger partial charge is 0.417 e. The van der Waals surface area contributed by atoms with Crippen molar-refractivity contribution in [3.63, 3.8) is 0 Å². The van der Waals surface area contributed by atoms with E-state index in [1.54, 1.807) is 0 Å². The molecule has 1 aliphatic carbocycles. The maximum absolute atomic E-state index is 12.8. The van der Waals surface area contributed by atoms with E-state index < -0.39 is 37.8 Å². The van der Waals surface area contributed by atoms with Crippen LogP contribution in [0.25, 0.3) is 0 Å². The van der Waals surface area contributed by atoms with Gasteiger partial charge in [0.1, 0.15) is 0 Å². The van der Waals surface area contributed by atoms with Crippen LogP contribution in [0.4, 0.5) is 13.2 Å². The van der Waals surface area contributed by atoms with Crippen LogP contribution in [0, 0.1) is 0 Å². The number of alkyl halides is 3. The Balaban J connectivity index is 2.52. The zero-order valence-electron chi connectivity index (χ0n) is 9.48. The lowest BCUT2D eigenvalue weighted by Crippen LogP contribution is -2.40. The first kappa shape index (κ1) is 14.8. The zero-order valence-corrected chi connectivity index (χ0v) is 11.9. The number of halogens is 4. The standard InChI is InChI=1S/C11H10BrF3O3S/c12-6-1-2-9(11(13,14)15)10(3-6)19(17,18)8-4-7(16)5-8/h1-3,7-8,16H,4-5H2. The van der Waals surface area contributed by atoms with Gasteiger partial charge in [-0.15, -0.1) is 0 Å². The van der Waals surface area contributed by atoms with Crippen LogP contribution in [-0.2, 0) is 16.0 Å². The highest BCUT2D eigenvalue weighted by Crippen LogP contribution is 2.40. The average molecular weight is 359 g/mol. The minimum absolute atomic E-state index is 0.0217. The van der Waals surface area contributed by atoms with Gasteiger partial charge in [0.15, 0.2) is 9.84 Å². The van der Waals surface area contributed by atoms with E-state index in [0.717, 1.165) is 18.2 Å². The van der Waals surface area contributed by atoms with E-state index in [-0.39, 0.29) is 17.3 Å². The summed E-state index contributed by atoms with van der Waals surface area (Å²) in [5, 5.41) is 8.17. The van der Waals surface area contributed by atoms with E-state index in [1.165, 1.54) is 0 Å². The number of rotatable bonds is 2. The van der Waals surface area contributed by atoms with E-state index in [9.17, 15) is 21.6 Å². The maximum Gasteiger partial charge on any atom is 0.417 e. The van der Waals surface area contributed by atoms with Gasteiger partial charge < -0.3 is 5.11 Å². The Hall–Kier alpha value is -0.600. The molecule has 0 spiro atoms. The number of aliphatic hydroxyl groups is 1. The number of hydrogen-bond donors (Lipinski definition) is 1. The lowest BCUT2D eigenvalue weighted by Gasteiger charge is -2.31. The zero-order chi connectivity index (χ0) is 14.4. The fraction of sp³-hybridized carbons (Fsp3) is 0.455. The van der Waals surface area contributed by atoms with Gasteiger partial charge >= 0.3 is 6.18 Å². The SMILES string of the molecule is O=S(=O)(c1cc(Br)ccc1C(F)(F)F)C1CC(O)C1. The van der Waals surface area contributed by atoms with Crippen LogP contribution in [0.15, 0.2) is 27.6 Å². The quantitative estimate of drug-likeness (QED) is 0.884. The van der Waals surface area contributed by atoms with Crippen molar-refractivity contribution in [1.82, 2.24) is 0 Å². The Bertz CT molecular complexity index is 592. The second kappa shape index (κ2) is 4.75. The van der Waals surface area contributed by atoms with Crippen molar-refractivity contribution >= 4 is 25.8 Å². The van der Waals surface area contributed by atoms with Crippen LogP contribution >= 0.6 is 15.9 Å². The highest BCUT2D eigenvalue weighted by Gasteiger charge is 2.43. The summed E-state index contributed by atoms with van der Waals surface area (Å²) in [6, 6.07) is 2.85. The molecule has 0 atom stereocenters. The van der Waals surface area contributed by atoms with Crippen molar-refractivity contribution < 1.29 is 26.7 Å². The molecule has 1 aliphatic rings. The minimum atomic E-state index is -4.73. The first-order chi connectivity index (χ1) is 8.62. The number of benzene rings is 1. The Morgan fingerprint density at radius 1 is 1.26 bits per heavy atom. The Morgan fingerprint density at radius 3 is 2.32 bits per heavy atom. The molecule has 19 heavy (non-hydrogen) atoms. The van der Waals surface area contributed by atoms with Gasteiger partial charge in [-0.1, -0.05) is 15.9 Å². The fourth-order valence-electron chi connectivity index (χ4n) is 1.94. The summed E-state index contributed by atoms with van der Waals surface area (Å²) < 4.78 is 63.1. The molecule has 3 nitrogen and oxygen atoms in total. The summed E-state index contributed by atoms with van der Waals surface area (Å²) in [5.41, 5.74) is -1.17. The second-order valence-corrected chi connectivity index (χ2v) is 7.54. The van der Waals surface area contributed by atoms with Gasteiger partial charge in [0.25, 0.3) is 0 Å². The molecule has 0 saturated heterocycles. The molecule has 1 saturated carbocycles. The lowest BCUT2D eigenvalue weighted by molar-refractivity contribution is -0.139. The molecular weight excluding hydrogens is 349 g/mol. The van der Waals surface area contributed by atoms with Gasteiger partial charge in [-0.2, -0.15) is 13.2 Å². The van der Waals surface area contributed by atoms with Crippen molar-refractivity contribution in [2.75, 3.05) is 0 Å². The smallest absolute Gasteiger partial charge is 0.393 e. The van der Waals surface area contributed by atoms with Crippen LogP contribution in [0.3, 0.4) is 0 Å². The fourth-order valence-corrected chi connectivity index (χ4v) is 4.54. The van der Waals surface area contributed by atoms with Crippen LogP contribution in [0.2, 0.25) is 0 Å². The van der Waals surface area contributed by atoms with Gasteiger partial charge in [0, 0.05) is 4.47 Å². The first-order valence-electron chi connectivity index (χ1n) is 5.41. The Kier molecular flexibility index (Phi) is 3.70. The topological polar surface area (TPSA) is 54.4 Å². The molecule has 0 unspecified atom stereocenters. The predicted molar refractivity (Wildman–Crippen MR) is 65.4 cm³/mol. The van der Waals surface area contributed by atoms with E-state index in [0.29, 0.717) is 0 Å². The Morgan fingerprint density at radius 2 is 1.84 bits per heavy atom. The molecule has 0 heterocycles. The predicted octanol–water partition coefficient (Wildman–Crippen LogP) is 2.76. The van der Waals surface area contributed by atoms with Crippen LogP contribution in [0.1, 0.15) is 18.4 Å². The van der Waals surface area contributed by atoms with Crippen molar-refractivity contribution in [2.24, 2.45) is 0 Å². The van der Waals surface area contributed by atoms with Crippen LogP contribution in [0.5, 0.6) is 0 Å². The lowest BCUT2D eigenvalue weighted by atomic mass is 9.96. The van der Waals surface area contributed by atoms with Crippen molar-refractivity contribution in [3.05, 3.63) is 28.2 Å². The summed E-state index contributed by atoms with van der Waals surface area (Å²) in [7, 11) is -4.08. The monoisotopic (exact) mass is 358 g/mol. The van der Waals surface area contributed by atoms with E-state index in [4.69, 9.17) is 5.11 Å². The summed E-state index contributed by atoms with van der Waals surface area (Å²) >= 11 is 2.98. The van der Waals surface area contributed by atoms with Gasteiger partial charge in [-0.25, -0.2) is 8.42 Å². The number of aliphatic hydroxyl groups excluding tert-OH is 1. The average Bonchev–Trinajstić information content (AvgIpc) is 2.23. The molecule has 2 rings (SSSR count). The van der Waals surface area contributed by atoms with Crippen molar-refractivity contribution in [2.45, 2.75) is 35.3 Å². The summed E-state index contributed by atoms with van der Waals surface area (Å²) in [6.45, 7) is 0. The van der Waals surface area contributed by atoms with Crippen molar-refractivity contribution in [1.29, 1.82) is 0 Å². The number of sulfone groups is 1. The minimum Gasteiger partial charge on any atom is -0.393 e. The molecular formula is C11H10BrF3O3S. The molecule has 0 radical (unpaired) electrons. The van der Waals surface area contributed by atoms with Crippen LogP contribution in [-0.4, -0.2) is 24.9 Å². The second-order valence-electron chi connectivity index (χ2n) is 4.43. The third-order valence-corrected chi connectivity index (χ3v) is 5.77. The van der Waals surface area contributed by atoms with E-state index in [1.807, 2.05) is 0 Å². The molecule has 0 amide bonds. The molecule has 1 aromatic rings. The molecule has 0 aromatic heterocycles. The van der Waals surface area contributed by atoms with Crippen LogP contribution < -0.4 is 0 Å². The number of hydrogen-bond acceptors (Lipinski definition) is 3. The molecule has 1 N–H and O–H groups in total. The molecule has 0 bridgehead atoms. The third-order valence-electron chi connectivity index (χ3n) is 3.06. The normalized spacial score (nSPS) is 24.1. The van der Waals surface area contributed by atoms with Gasteiger partial charge in [-0.3, -0.25) is 0 Å². The highest BCUT2D eigenvalue weighted by molar-refractivity contribution is 9.10.